The highest BCUT2D eigenvalue weighted by atomic mass is 16.1. The third-order valence-electron chi connectivity index (χ3n) is 4.53. The van der Waals surface area contributed by atoms with Crippen LogP contribution in [0.15, 0.2) is 18.5 Å². The van der Waals surface area contributed by atoms with Gasteiger partial charge in [-0.1, -0.05) is 6.92 Å². The second-order valence-electron chi connectivity index (χ2n) is 6.61. The summed E-state index contributed by atoms with van der Waals surface area (Å²) in [7, 11) is 0. The third kappa shape index (κ3) is 2.77. The normalized spacial score (nSPS) is 16.4. The van der Waals surface area contributed by atoms with Crippen LogP contribution in [-0.4, -0.2) is 37.0 Å². The Morgan fingerprint density at radius 1 is 1.31 bits per heavy atom. The smallest absolute Gasteiger partial charge is 0.226 e. The largest absolute Gasteiger partial charge is 0.354 e. The van der Waals surface area contributed by atoms with Crippen molar-refractivity contribution < 1.29 is 4.79 Å². The Morgan fingerprint density at radius 2 is 2.08 bits per heavy atom. The summed E-state index contributed by atoms with van der Waals surface area (Å²) < 4.78 is 1.79. The molecule has 0 fully saturated rings. The SMILES string of the molecule is CCCNc1ncc(C2CC(=O)Nc3nn4c(C)cc(C)nc4c32)cn1. The van der Waals surface area contributed by atoms with E-state index in [0.717, 1.165) is 41.1 Å². The first-order valence-electron chi connectivity index (χ1n) is 8.79. The maximum Gasteiger partial charge on any atom is 0.226 e. The molecule has 8 nitrogen and oxygen atoms in total. The Hall–Kier alpha value is -3.03. The van der Waals surface area contributed by atoms with Gasteiger partial charge in [0.25, 0.3) is 0 Å². The van der Waals surface area contributed by atoms with Crippen molar-refractivity contribution in [3.05, 3.63) is 41.0 Å². The average molecular weight is 351 g/mol. The minimum Gasteiger partial charge on any atom is -0.354 e. The van der Waals surface area contributed by atoms with Crippen LogP contribution in [0.3, 0.4) is 0 Å². The molecule has 3 aromatic heterocycles. The zero-order chi connectivity index (χ0) is 18.3. The number of rotatable bonds is 4. The van der Waals surface area contributed by atoms with Gasteiger partial charge in [0.2, 0.25) is 11.9 Å². The van der Waals surface area contributed by atoms with E-state index in [1.807, 2.05) is 19.9 Å². The predicted molar refractivity (Wildman–Crippen MR) is 98.4 cm³/mol. The Kier molecular flexibility index (Phi) is 4.02. The van der Waals surface area contributed by atoms with Crippen molar-refractivity contribution in [3.8, 4) is 0 Å². The molecule has 134 valence electrons. The summed E-state index contributed by atoms with van der Waals surface area (Å²) in [6, 6.07) is 1.97. The Labute approximate surface area is 151 Å². The van der Waals surface area contributed by atoms with Gasteiger partial charge in [0.15, 0.2) is 11.5 Å². The zero-order valence-electron chi connectivity index (χ0n) is 15.1. The highest BCUT2D eigenvalue weighted by Crippen LogP contribution is 2.38. The summed E-state index contributed by atoms with van der Waals surface area (Å²) in [4.78, 5) is 25.7. The second-order valence-corrected chi connectivity index (χ2v) is 6.61. The Balaban J connectivity index is 1.80. The van der Waals surface area contributed by atoms with Crippen LogP contribution in [0.5, 0.6) is 0 Å². The lowest BCUT2D eigenvalue weighted by Gasteiger charge is -2.21. The zero-order valence-corrected chi connectivity index (χ0v) is 15.1. The monoisotopic (exact) mass is 351 g/mol. The van der Waals surface area contributed by atoms with Crippen LogP contribution in [0, 0.1) is 13.8 Å². The number of amides is 1. The van der Waals surface area contributed by atoms with E-state index < -0.39 is 0 Å². The molecule has 0 saturated heterocycles. The second kappa shape index (κ2) is 6.36. The maximum absolute atomic E-state index is 12.2. The van der Waals surface area contributed by atoms with Crippen molar-refractivity contribution >= 4 is 23.3 Å². The summed E-state index contributed by atoms with van der Waals surface area (Å²) in [5.41, 5.74) is 4.48. The molecular formula is C18H21N7O. The minimum atomic E-state index is -0.162. The Morgan fingerprint density at radius 3 is 2.81 bits per heavy atom. The molecular weight excluding hydrogens is 330 g/mol. The number of carbonyl (C=O) groups excluding carboxylic acids is 1. The fraction of sp³-hybridized carbons (Fsp3) is 0.389. The summed E-state index contributed by atoms with van der Waals surface area (Å²) in [6.07, 6.45) is 4.90. The number of anilines is 2. The van der Waals surface area contributed by atoms with Gasteiger partial charge in [-0.15, -0.1) is 5.10 Å². The van der Waals surface area contributed by atoms with Crippen molar-refractivity contribution in [2.75, 3.05) is 17.2 Å². The predicted octanol–water partition coefficient (Wildman–Crippen LogP) is 2.43. The number of nitrogens with zero attached hydrogens (tertiary/aromatic N) is 5. The van der Waals surface area contributed by atoms with Crippen LogP contribution in [0.4, 0.5) is 11.8 Å². The Bertz CT molecular complexity index is 977. The molecule has 1 aliphatic heterocycles. The van der Waals surface area contributed by atoms with Crippen molar-refractivity contribution in [1.82, 2.24) is 24.6 Å². The van der Waals surface area contributed by atoms with Crippen LogP contribution in [-0.2, 0) is 4.79 Å². The lowest BCUT2D eigenvalue weighted by molar-refractivity contribution is -0.116. The topological polar surface area (TPSA) is 97.1 Å². The summed E-state index contributed by atoms with van der Waals surface area (Å²) >= 11 is 0. The van der Waals surface area contributed by atoms with Crippen LogP contribution < -0.4 is 10.6 Å². The van der Waals surface area contributed by atoms with Crippen LogP contribution in [0.1, 0.15) is 48.2 Å². The first kappa shape index (κ1) is 16.4. The molecule has 0 radical (unpaired) electrons. The minimum absolute atomic E-state index is 0.0616. The van der Waals surface area contributed by atoms with Gasteiger partial charge in [-0.25, -0.2) is 19.5 Å². The molecule has 1 unspecified atom stereocenters. The molecule has 1 aliphatic rings. The number of hydrogen-bond acceptors (Lipinski definition) is 6. The number of aromatic nitrogens is 5. The molecule has 4 rings (SSSR count). The van der Waals surface area contributed by atoms with E-state index >= 15 is 0 Å². The fourth-order valence-electron chi connectivity index (χ4n) is 3.35. The molecule has 1 amide bonds. The highest BCUT2D eigenvalue weighted by Gasteiger charge is 2.32. The van der Waals surface area contributed by atoms with Crippen LogP contribution in [0.2, 0.25) is 0 Å². The van der Waals surface area contributed by atoms with Gasteiger partial charge in [0.05, 0.1) is 0 Å². The average Bonchev–Trinajstić information content (AvgIpc) is 2.98. The number of hydrogen-bond donors (Lipinski definition) is 2. The number of fused-ring (bicyclic) bond motifs is 3. The van der Waals surface area contributed by atoms with Crippen molar-refractivity contribution in [1.29, 1.82) is 0 Å². The van der Waals surface area contributed by atoms with Crippen molar-refractivity contribution in [3.63, 3.8) is 0 Å². The quantitative estimate of drug-likeness (QED) is 0.749. The molecule has 1 atom stereocenters. The van der Waals surface area contributed by atoms with Gasteiger partial charge >= 0.3 is 0 Å². The van der Waals surface area contributed by atoms with Gasteiger partial charge in [-0.05, 0) is 31.9 Å². The third-order valence-corrected chi connectivity index (χ3v) is 4.53. The summed E-state index contributed by atoms with van der Waals surface area (Å²) in [5, 5.41) is 10.6. The lowest BCUT2D eigenvalue weighted by Crippen LogP contribution is -2.23. The fourth-order valence-corrected chi connectivity index (χ4v) is 3.35. The molecule has 0 bridgehead atoms. The van der Waals surface area contributed by atoms with E-state index in [-0.39, 0.29) is 11.8 Å². The molecule has 0 aliphatic carbocycles. The van der Waals surface area contributed by atoms with E-state index in [0.29, 0.717) is 18.2 Å². The van der Waals surface area contributed by atoms with Crippen molar-refractivity contribution in [2.24, 2.45) is 0 Å². The first-order valence-corrected chi connectivity index (χ1v) is 8.79. The molecule has 8 heteroatoms. The molecule has 3 aromatic rings. The summed E-state index contributed by atoms with van der Waals surface area (Å²) in [6.45, 7) is 6.85. The van der Waals surface area contributed by atoms with Gasteiger partial charge in [0, 0.05) is 48.2 Å². The van der Waals surface area contributed by atoms with Crippen LogP contribution in [0.25, 0.3) is 5.65 Å². The van der Waals surface area contributed by atoms with Crippen LogP contribution >= 0.6 is 0 Å². The number of carbonyl (C=O) groups is 1. The lowest BCUT2D eigenvalue weighted by atomic mass is 9.88. The summed E-state index contributed by atoms with van der Waals surface area (Å²) in [5.74, 6) is 0.944. The number of aryl methyl sites for hydroxylation is 2. The van der Waals surface area contributed by atoms with E-state index in [9.17, 15) is 4.79 Å². The van der Waals surface area contributed by atoms with E-state index in [1.165, 1.54) is 0 Å². The molecule has 0 aromatic carbocycles. The molecule has 4 heterocycles. The van der Waals surface area contributed by atoms with Gasteiger partial charge in [0.1, 0.15) is 0 Å². The van der Waals surface area contributed by atoms with Gasteiger partial charge in [-0.3, -0.25) is 4.79 Å². The first-order chi connectivity index (χ1) is 12.6. The molecule has 0 saturated carbocycles. The molecule has 2 N–H and O–H groups in total. The molecule has 0 spiro atoms. The molecule has 26 heavy (non-hydrogen) atoms. The number of nitrogens with one attached hydrogen (secondary N) is 2. The van der Waals surface area contributed by atoms with E-state index in [1.54, 1.807) is 16.9 Å². The van der Waals surface area contributed by atoms with Gasteiger partial charge in [-0.2, -0.15) is 0 Å². The van der Waals surface area contributed by atoms with E-state index in [2.05, 4.69) is 37.6 Å². The van der Waals surface area contributed by atoms with Gasteiger partial charge < -0.3 is 10.6 Å². The maximum atomic E-state index is 12.2. The van der Waals surface area contributed by atoms with E-state index in [4.69, 9.17) is 0 Å². The van der Waals surface area contributed by atoms with Crippen molar-refractivity contribution in [2.45, 2.75) is 39.5 Å². The standard InChI is InChI=1S/C18H21N7O/c1-4-5-19-18-20-8-12(9-21-18)13-7-14(26)23-16-15(13)17-22-10(2)6-11(3)25(17)24-16/h6,8-9,13H,4-5,7H2,1-3H3,(H,19,20,21)(H,23,24,26). The highest BCUT2D eigenvalue weighted by molar-refractivity contribution is 5.95.